The number of ether oxygens (including phenoxy) is 2. The predicted octanol–water partition coefficient (Wildman–Crippen LogP) is 7.58. The molecule has 0 saturated heterocycles. The minimum atomic E-state index is -0.843. The van der Waals surface area contributed by atoms with E-state index in [-0.39, 0.29) is 5.91 Å². The Morgan fingerprint density at radius 1 is 0.949 bits per heavy atom. The average molecular weight is 574 g/mol. The van der Waals surface area contributed by atoms with Gasteiger partial charge in [0.15, 0.2) is 0 Å². The maximum Gasteiger partial charge on any atom is 0.345 e. The molecule has 0 radical (unpaired) electrons. The van der Waals surface area contributed by atoms with E-state index in [2.05, 4.69) is 0 Å². The largest absolute Gasteiger partial charge is 0.494 e. The monoisotopic (exact) mass is 573 g/mol. The van der Waals surface area contributed by atoms with Gasteiger partial charge < -0.3 is 9.47 Å². The molecule has 39 heavy (non-hydrogen) atoms. The van der Waals surface area contributed by atoms with Crippen LogP contribution in [0.15, 0.2) is 88.0 Å². The third kappa shape index (κ3) is 4.93. The Balaban J connectivity index is 1.70. The molecule has 0 atom stereocenters. The highest BCUT2D eigenvalue weighted by Crippen LogP contribution is 2.58. The Bertz CT molecular complexity index is 1530. The molecule has 3 aromatic rings. The van der Waals surface area contributed by atoms with Crippen molar-refractivity contribution in [2.24, 2.45) is 0 Å². The fourth-order valence-corrected chi connectivity index (χ4v) is 7.83. The van der Waals surface area contributed by atoms with E-state index >= 15 is 0 Å². The molecular formula is C31H27NO4S3. The molecule has 2 aliphatic rings. The second kappa shape index (κ2) is 11.0. The summed E-state index contributed by atoms with van der Waals surface area (Å²) in [4.78, 5) is 30.6. The SMILES string of the molecule is CCOc1ccc2c(c1)N(C(=O)c1ccccc1)C(C)(C)C(=S)C2=C1SC(C(=O)OC)=C(c2ccccc2)S1. The molecule has 8 heteroatoms. The van der Waals surface area contributed by atoms with Crippen molar-refractivity contribution in [1.82, 2.24) is 0 Å². The second-order valence-corrected chi connectivity index (χ2v) is 12.1. The van der Waals surface area contributed by atoms with E-state index < -0.39 is 11.5 Å². The zero-order valence-electron chi connectivity index (χ0n) is 22.0. The summed E-state index contributed by atoms with van der Waals surface area (Å²) in [6.07, 6.45) is 0. The van der Waals surface area contributed by atoms with Crippen molar-refractivity contribution >= 4 is 68.6 Å². The number of carbonyl (C=O) groups excluding carboxylic acids is 2. The van der Waals surface area contributed by atoms with E-state index in [0.717, 1.165) is 25.8 Å². The summed E-state index contributed by atoms with van der Waals surface area (Å²) in [7, 11) is 1.39. The van der Waals surface area contributed by atoms with Gasteiger partial charge >= 0.3 is 5.97 Å². The zero-order valence-corrected chi connectivity index (χ0v) is 24.5. The smallest absolute Gasteiger partial charge is 0.345 e. The van der Waals surface area contributed by atoms with Gasteiger partial charge in [-0.3, -0.25) is 9.69 Å². The maximum atomic E-state index is 14.0. The van der Waals surface area contributed by atoms with Gasteiger partial charge in [0, 0.05) is 27.7 Å². The molecule has 0 aliphatic carbocycles. The molecular weight excluding hydrogens is 547 g/mol. The lowest BCUT2D eigenvalue weighted by Crippen LogP contribution is -2.56. The molecule has 0 bridgehead atoms. The summed E-state index contributed by atoms with van der Waals surface area (Å²) < 4.78 is 11.9. The molecule has 5 rings (SSSR count). The number of hydrogen-bond donors (Lipinski definition) is 0. The Morgan fingerprint density at radius 3 is 2.26 bits per heavy atom. The van der Waals surface area contributed by atoms with Crippen LogP contribution in [-0.4, -0.2) is 36.0 Å². The molecule has 0 unspecified atom stereocenters. The van der Waals surface area contributed by atoms with Crippen molar-refractivity contribution in [3.05, 3.63) is 105 Å². The number of hydrogen-bond acceptors (Lipinski definition) is 7. The molecule has 0 fully saturated rings. The van der Waals surface area contributed by atoms with Gasteiger partial charge in [-0.05, 0) is 50.6 Å². The highest BCUT2D eigenvalue weighted by molar-refractivity contribution is 8.32. The van der Waals surface area contributed by atoms with Crippen LogP contribution < -0.4 is 9.64 Å². The van der Waals surface area contributed by atoms with Crippen LogP contribution in [-0.2, 0) is 9.53 Å². The van der Waals surface area contributed by atoms with Crippen molar-refractivity contribution in [1.29, 1.82) is 0 Å². The molecule has 3 aromatic carbocycles. The lowest BCUT2D eigenvalue weighted by Gasteiger charge is -2.45. The van der Waals surface area contributed by atoms with Crippen LogP contribution in [0.3, 0.4) is 0 Å². The Labute approximate surface area is 242 Å². The normalized spacial score (nSPS) is 18.2. The molecule has 5 nitrogen and oxygen atoms in total. The molecule has 198 valence electrons. The molecule has 0 saturated carbocycles. The minimum Gasteiger partial charge on any atom is -0.494 e. The van der Waals surface area contributed by atoms with Crippen molar-refractivity contribution in [3.63, 3.8) is 0 Å². The molecule has 2 heterocycles. The fourth-order valence-electron chi connectivity index (χ4n) is 4.68. The van der Waals surface area contributed by atoms with E-state index in [9.17, 15) is 9.59 Å². The Morgan fingerprint density at radius 2 is 1.62 bits per heavy atom. The first kappa shape index (κ1) is 27.2. The number of rotatable bonds is 5. The summed E-state index contributed by atoms with van der Waals surface area (Å²) in [5.74, 6) is 0.128. The highest BCUT2D eigenvalue weighted by atomic mass is 32.2. The van der Waals surface area contributed by atoms with Crippen molar-refractivity contribution in [2.75, 3.05) is 18.6 Å². The van der Waals surface area contributed by atoms with Crippen molar-refractivity contribution in [3.8, 4) is 5.75 Å². The number of anilines is 1. The summed E-state index contributed by atoms with van der Waals surface area (Å²) >= 11 is 9.03. The van der Waals surface area contributed by atoms with E-state index in [4.69, 9.17) is 21.7 Å². The number of methoxy groups -OCH3 is 1. The summed E-state index contributed by atoms with van der Waals surface area (Å²) in [6.45, 7) is 6.35. The number of carbonyl (C=O) groups is 2. The first-order valence-electron chi connectivity index (χ1n) is 12.5. The number of thiocarbonyl (C=S) groups is 1. The van der Waals surface area contributed by atoms with Crippen molar-refractivity contribution in [2.45, 2.75) is 26.3 Å². The molecule has 0 N–H and O–H groups in total. The number of nitrogens with zero attached hydrogens (tertiary/aromatic N) is 1. The average Bonchev–Trinajstić information content (AvgIpc) is 3.39. The van der Waals surface area contributed by atoms with Crippen LogP contribution in [0.2, 0.25) is 0 Å². The standard InChI is InChI=1S/C31H27NO4S3/c1-5-36-21-16-17-22-23(18-21)32(28(33)20-14-10-7-11-15-20)31(2,3)27(37)24(22)30-38-25(19-12-8-6-9-13-19)26(39-30)29(34)35-4/h6-18H,5H2,1-4H3. The third-order valence-corrected chi connectivity index (χ3v) is 9.89. The van der Waals surface area contributed by atoms with Gasteiger partial charge in [0.2, 0.25) is 0 Å². The van der Waals surface area contributed by atoms with Crippen LogP contribution in [0.5, 0.6) is 5.75 Å². The molecule has 0 aromatic heterocycles. The van der Waals surface area contributed by atoms with Gasteiger partial charge in [0.1, 0.15) is 10.7 Å². The van der Waals surface area contributed by atoms with Crippen LogP contribution >= 0.6 is 35.7 Å². The highest BCUT2D eigenvalue weighted by Gasteiger charge is 2.46. The van der Waals surface area contributed by atoms with Crippen LogP contribution in [0, 0.1) is 0 Å². The van der Waals surface area contributed by atoms with E-state index in [0.29, 0.717) is 33.4 Å². The fraction of sp³-hybridized carbons (Fsp3) is 0.194. The topological polar surface area (TPSA) is 55.8 Å². The van der Waals surface area contributed by atoms with Gasteiger partial charge in [-0.1, -0.05) is 84.3 Å². The number of amides is 1. The summed E-state index contributed by atoms with van der Waals surface area (Å²) in [6, 6.07) is 24.7. The molecule has 2 aliphatic heterocycles. The predicted molar refractivity (Wildman–Crippen MR) is 165 cm³/mol. The number of esters is 1. The molecule has 0 spiro atoms. The number of thioether (sulfide) groups is 2. The number of benzene rings is 3. The van der Waals surface area contributed by atoms with Crippen molar-refractivity contribution < 1.29 is 19.1 Å². The second-order valence-electron chi connectivity index (χ2n) is 9.39. The van der Waals surface area contributed by atoms with Gasteiger partial charge in [-0.25, -0.2) is 4.79 Å². The maximum absolute atomic E-state index is 14.0. The van der Waals surface area contributed by atoms with Gasteiger partial charge in [-0.2, -0.15) is 0 Å². The third-order valence-electron chi connectivity index (χ3n) is 6.56. The lowest BCUT2D eigenvalue weighted by molar-refractivity contribution is -0.135. The molecule has 1 amide bonds. The lowest BCUT2D eigenvalue weighted by atomic mass is 9.82. The van der Waals surface area contributed by atoms with Crippen LogP contribution in [0.1, 0.15) is 42.3 Å². The number of fused-ring (bicyclic) bond motifs is 1. The first-order valence-corrected chi connectivity index (χ1v) is 14.5. The quantitative estimate of drug-likeness (QED) is 0.177. The van der Waals surface area contributed by atoms with E-state index in [1.807, 2.05) is 99.6 Å². The first-order chi connectivity index (χ1) is 18.8. The summed E-state index contributed by atoms with van der Waals surface area (Å²) in [5.41, 5.74) is 3.03. The van der Waals surface area contributed by atoms with E-state index in [1.54, 1.807) is 4.90 Å². The summed E-state index contributed by atoms with van der Waals surface area (Å²) in [5, 5.41) is 0. The Kier molecular flexibility index (Phi) is 7.71. The van der Waals surface area contributed by atoms with E-state index in [1.165, 1.54) is 30.6 Å². The van der Waals surface area contributed by atoms with Crippen LogP contribution in [0.4, 0.5) is 5.69 Å². The van der Waals surface area contributed by atoms with Gasteiger partial charge in [0.25, 0.3) is 5.91 Å². The zero-order chi connectivity index (χ0) is 27.7. The van der Waals surface area contributed by atoms with Gasteiger partial charge in [-0.15, -0.1) is 0 Å². The van der Waals surface area contributed by atoms with Crippen LogP contribution in [0.25, 0.3) is 10.5 Å². The minimum absolute atomic E-state index is 0.146. The van der Waals surface area contributed by atoms with Gasteiger partial charge in [0.05, 0.1) is 34.0 Å². The Hall–Kier alpha value is -3.33.